The van der Waals surface area contributed by atoms with Gasteiger partial charge in [-0.25, -0.2) is 14.8 Å². The van der Waals surface area contributed by atoms with Gasteiger partial charge in [-0.1, -0.05) is 12.1 Å². The van der Waals surface area contributed by atoms with E-state index in [0.29, 0.717) is 35.1 Å². The first-order chi connectivity index (χ1) is 14.1. The fraction of sp³-hybridized carbons (Fsp3) is 0.143. The highest BCUT2D eigenvalue weighted by Gasteiger charge is 2.12. The number of ether oxygens (including phenoxy) is 2. The molecule has 148 valence electrons. The normalized spacial score (nSPS) is 10.1. The number of carbonyl (C=O) groups is 2. The van der Waals surface area contributed by atoms with Crippen molar-refractivity contribution in [3.63, 3.8) is 0 Å². The van der Waals surface area contributed by atoms with Crippen LogP contribution in [0.3, 0.4) is 0 Å². The lowest BCUT2D eigenvalue weighted by Crippen LogP contribution is -2.15. The van der Waals surface area contributed by atoms with E-state index in [1.807, 2.05) is 19.1 Å². The molecular weight excluding hydrogens is 372 g/mol. The van der Waals surface area contributed by atoms with Crippen LogP contribution in [-0.2, 0) is 4.74 Å². The van der Waals surface area contributed by atoms with Gasteiger partial charge in [0, 0.05) is 11.8 Å². The summed E-state index contributed by atoms with van der Waals surface area (Å²) in [4.78, 5) is 32.3. The van der Waals surface area contributed by atoms with Crippen molar-refractivity contribution in [3.05, 3.63) is 72.2 Å². The molecule has 0 saturated heterocycles. The zero-order chi connectivity index (χ0) is 20.6. The maximum absolute atomic E-state index is 12.6. The fourth-order valence-corrected chi connectivity index (χ4v) is 2.54. The topological polar surface area (TPSA) is 102 Å². The van der Waals surface area contributed by atoms with E-state index < -0.39 is 5.97 Å². The summed E-state index contributed by atoms with van der Waals surface area (Å²) in [6, 6.07) is 15.4. The van der Waals surface area contributed by atoms with Crippen LogP contribution in [0.15, 0.2) is 60.9 Å². The third-order valence-corrected chi connectivity index (χ3v) is 3.91. The number of hydrogen-bond donors (Lipinski definition) is 2. The molecule has 0 aliphatic carbocycles. The number of hydrogen-bond acceptors (Lipinski definition) is 7. The van der Waals surface area contributed by atoms with Crippen molar-refractivity contribution in [3.8, 4) is 5.75 Å². The summed E-state index contributed by atoms with van der Waals surface area (Å²) >= 11 is 0. The number of methoxy groups -OCH3 is 1. The first kappa shape index (κ1) is 19.8. The molecular formula is C21H20N4O4. The predicted octanol–water partition coefficient (Wildman–Crippen LogP) is 3.66. The molecule has 0 unspecified atom stereocenters. The number of nitrogens with zero attached hydrogens (tertiary/aromatic N) is 2. The minimum atomic E-state index is -0.412. The molecule has 0 saturated carbocycles. The average molecular weight is 392 g/mol. The van der Waals surface area contributed by atoms with Gasteiger partial charge in [-0.15, -0.1) is 0 Å². The van der Waals surface area contributed by atoms with Crippen LogP contribution in [0.1, 0.15) is 27.8 Å². The van der Waals surface area contributed by atoms with Gasteiger partial charge >= 0.3 is 5.97 Å². The van der Waals surface area contributed by atoms with Crippen molar-refractivity contribution in [2.75, 3.05) is 24.4 Å². The molecule has 0 radical (unpaired) electrons. The molecule has 3 aromatic rings. The molecule has 8 nitrogen and oxygen atoms in total. The average Bonchev–Trinajstić information content (AvgIpc) is 2.75. The molecule has 8 heteroatoms. The van der Waals surface area contributed by atoms with Crippen molar-refractivity contribution in [2.24, 2.45) is 0 Å². The largest absolute Gasteiger partial charge is 0.492 e. The Kier molecular flexibility index (Phi) is 6.36. The van der Waals surface area contributed by atoms with Gasteiger partial charge in [-0.05, 0) is 43.3 Å². The summed E-state index contributed by atoms with van der Waals surface area (Å²) < 4.78 is 10.2. The lowest BCUT2D eigenvalue weighted by molar-refractivity contribution is 0.0600. The van der Waals surface area contributed by atoms with Crippen molar-refractivity contribution < 1.29 is 19.1 Å². The van der Waals surface area contributed by atoms with Gasteiger partial charge < -0.3 is 20.1 Å². The molecule has 3 rings (SSSR count). The summed E-state index contributed by atoms with van der Waals surface area (Å²) in [6.45, 7) is 2.36. The van der Waals surface area contributed by atoms with Gasteiger partial charge in [0.2, 0.25) is 0 Å². The van der Waals surface area contributed by atoms with Gasteiger partial charge in [-0.2, -0.15) is 0 Å². The van der Waals surface area contributed by atoms with Gasteiger partial charge in [0.1, 0.15) is 23.6 Å². The van der Waals surface area contributed by atoms with Crippen molar-refractivity contribution in [1.29, 1.82) is 0 Å². The monoisotopic (exact) mass is 392 g/mol. The number of nitrogens with one attached hydrogen (secondary N) is 2. The Morgan fingerprint density at radius 1 is 1.03 bits per heavy atom. The lowest BCUT2D eigenvalue weighted by atomic mass is 10.2. The Bertz CT molecular complexity index is 1010. The Labute approximate surface area is 167 Å². The van der Waals surface area contributed by atoms with Gasteiger partial charge in [0.25, 0.3) is 5.91 Å². The van der Waals surface area contributed by atoms with E-state index in [1.165, 1.54) is 19.5 Å². The summed E-state index contributed by atoms with van der Waals surface area (Å²) in [5.41, 5.74) is 1.89. The van der Waals surface area contributed by atoms with Crippen LogP contribution in [0, 0.1) is 0 Å². The maximum atomic E-state index is 12.6. The molecule has 2 N–H and O–H groups in total. The smallest absolute Gasteiger partial charge is 0.337 e. The van der Waals surface area contributed by atoms with Gasteiger partial charge in [0.15, 0.2) is 0 Å². The molecule has 2 aromatic carbocycles. The number of anilines is 3. The SMILES string of the molecule is CCOc1ccccc1NC(=O)c1cc(Nc2ccc(C(=O)OC)cc2)ncn1. The van der Waals surface area contributed by atoms with E-state index in [9.17, 15) is 9.59 Å². The number of amides is 1. The second-order valence-corrected chi connectivity index (χ2v) is 5.87. The van der Waals surface area contributed by atoms with E-state index in [2.05, 4.69) is 25.3 Å². The second kappa shape index (κ2) is 9.32. The van der Waals surface area contributed by atoms with Crippen LogP contribution in [0.2, 0.25) is 0 Å². The molecule has 0 fully saturated rings. The van der Waals surface area contributed by atoms with Gasteiger partial charge in [0.05, 0.1) is 25.0 Å². The quantitative estimate of drug-likeness (QED) is 0.592. The van der Waals surface area contributed by atoms with E-state index in [-0.39, 0.29) is 11.6 Å². The van der Waals surface area contributed by atoms with Crippen LogP contribution in [-0.4, -0.2) is 35.6 Å². The molecule has 29 heavy (non-hydrogen) atoms. The molecule has 0 aliphatic heterocycles. The highest BCUT2D eigenvalue weighted by Crippen LogP contribution is 2.24. The second-order valence-electron chi connectivity index (χ2n) is 5.87. The summed E-state index contributed by atoms with van der Waals surface area (Å²) in [6.07, 6.45) is 1.30. The van der Waals surface area contributed by atoms with Crippen LogP contribution < -0.4 is 15.4 Å². The molecule has 1 heterocycles. The molecule has 0 aliphatic rings. The number of para-hydroxylation sites is 2. The molecule has 1 aromatic heterocycles. The van der Waals surface area contributed by atoms with Gasteiger partial charge in [-0.3, -0.25) is 4.79 Å². The first-order valence-corrected chi connectivity index (χ1v) is 8.91. The fourth-order valence-electron chi connectivity index (χ4n) is 2.54. The highest BCUT2D eigenvalue weighted by molar-refractivity contribution is 6.04. The first-order valence-electron chi connectivity index (χ1n) is 8.91. The van der Waals surface area contributed by atoms with E-state index >= 15 is 0 Å². The molecule has 0 spiro atoms. The minimum absolute atomic E-state index is 0.194. The zero-order valence-corrected chi connectivity index (χ0v) is 16.0. The van der Waals surface area contributed by atoms with E-state index in [1.54, 1.807) is 36.4 Å². The summed E-state index contributed by atoms with van der Waals surface area (Å²) in [5, 5.41) is 5.87. The third-order valence-electron chi connectivity index (χ3n) is 3.91. The molecule has 0 atom stereocenters. The van der Waals surface area contributed by atoms with E-state index in [0.717, 1.165) is 0 Å². The Morgan fingerprint density at radius 3 is 2.52 bits per heavy atom. The van der Waals surface area contributed by atoms with E-state index in [4.69, 9.17) is 4.74 Å². The Morgan fingerprint density at radius 2 is 1.79 bits per heavy atom. The number of benzene rings is 2. The van der Waals surface area contributed by atoms with Crippen LogP contribution in [0.25, 0.3) is 0 Å². The Hall–Kier alpha value is -3.94. The minimum Gasteiger partial charge on any atom is -0.492 e. The summed E-state index contributed by atoms with van der Waals surface area (Å²) in [5.74, 6) is 0.226. The van der Waals surface area contributed by atoms with Crippen molar-refractivity contribution in [1.82, 2.24) is 9.97 Å². The Balaban J connectivity index is 1.72. The van der Waals surface area contributed by atoms with Crippen LogP contribution in [0.5, 0.6) is 5.75 Å². The standard InChI is InChI=1S/C21H20N4O4/c1-3-29-18-7-5-4-6-16(18)25-20(26)17-12-19(23-13-22-17)24-15-10-8-14(9-11-15)21(27)28-2/h4-13H,3H2,1-2H3,(H,25,26)(H,22,23,24). The van der Waals surface area contributed by atoms with Crippen LogP contribution >= 0.6 is 0 Å². The number of rotatable bonds is 7. The third kappa shape index (κ3) is 5.07. The number of aromatic nitrogens is 2. The molecule has 0 bridgehead atoms. The highest BCUT2D eigenvalue weighted by atomic mass is 16.5. The number of carbonyl (C=O) groups excluding carboxylic acids is 2. The lowest BCUT2D eigenvalue weighted by Gasteiger charge is -2.11. The van der Waals surface area contributed by atoms with Crippen molar-refractivity contribution >= 4 is 29.1 Å². The van der Waals surface area contributed by atoms with Crippen molar-refractivity contribution in [2.45, 2.75) is 6.92 Å². The number of esters is 1. The van der Waals surface area contributed by atoms with Crippen LogP contribution in [0.4, 0.5) is 17.2 Å². The summed E-state index contributed by atoms with van der Waals surface area (Å²) in [7, 11) is 1.33. The zero-order valence-electron chi connectivity index (χ0n) is 16.0. The maximum Gasteiger partial charge on any atom is 0.337 e. The predicted molar refractivity (Wildman–Crippen MR) is 109 cm³/mol. The molecule has 1 amide bonds.